The summed E-state index contributed by atoms with van der Waals surface area (Å²) < 4.78 is 5.55. The van der Waals surface area contributed by atoms with Crippen LogP contribution in [0.25, 0.3) is 22.3 Å². The first-order chi connectivity index (χ1) is 10.8. The molecule has 3 aromatic rings. The molecule has 0 aliphatic carbocycles. The fraction of sp³-hybridized carbons (Fsp3) is 0.0625. The Morgan fingerprint density at radius 3 is 2.22 bits per heavy atom. The van der Waals surface area contributed by atoms with Gasteiger partial charge in [0.1, 0.15) is 16.7 Å². The molecule has 7 nitrogen and oxygen atoms in total. The van der Waals surface area contributed by atoms with Crippen LogP contribution in [0, 0.1) is 6.92 Å². The van der Waals surface area contributed by atoms with Crippen molar-refractivity contribution in [2.24, 2.45) is 0 Å². The van der Waals surface area contributed by atoms with Gasteiger partial charge >= 0.3 is 0 Å². The van der Waals surface area contributed by atoms with Crippen molar-refractivity contribution < 1.29 is 29.9 Å². The summed E-state index contributed by atoms with van der Waals surface area (Å²) in [6, 6.07) is 4.90. The number of benzene rings is 2. The Kier molecular flexibility index (Phi) is 3.07. The second-order valence-corrected chi connectivity index (χ2v) is 5.05. The summed E-state index contributed by atoms with van der Waals surface area (Å²) in [5.41, 5.74) is -0.274. The van der Waals surface area contributed by atoms with Gasteiger partial charge in [0.25, 0.3) is 0 Å². The van der Waals surface area contributed by atoms with Crippen LogP contribution in [0.2, 0.25) is 0 Å². The van der Waals surface area contributed by atoms with Crippen LogP contribution < -0.4 is 5.43 Å². The molecule has 0 unspecified atom stereocenters. The van der Waals surface area contributed by atoms with Crippen molar-refractivity contribution in [2.45, 2.75) is 6.92 Å². The fourth-order valence-corrected chi connectivity index (χ4v) is 2.34. The van der Waals surface area contributed by atoms with Crippen molar-refractivity contribution in [3.05, 3.63) is 40.1 Å². The maximum atomic E-state index is 12.4. The van der Waals surface area contributed by atoms with Crippen molar-refractivity contribution in [1.82, 2.24) is 0 Å². The number of hydrogen-bond donors (Lipinski definition) is 5. The summed E-state index contributed by atoms with van der Waals surface area (Å²) in [5, 5.41) is 47.6. The molecule has 1 heterocycles. The Morgan fingerprint density at radius 1 is 0.870 bits per heavy atom. The molecule has 0 amide bonds. The zero-order valence-corrected chi connectivity index (χ0v) is 11.9. The van der Waals surface area contributed by atoms with Crippen LogP contribution in [0.1, 0.15) is 5.56 Å². The minimum absolute atomic E-state index is 0.0993. The van der Waals surface area contributed by atoms with Crippen LogP contribution in [-0.2, 0) is 0 Å². The predicted octanol–water partition coefficient (Wildman–Crippen LogP) is 2.30. The van der Waals surface area contributed by atoms with E-state index in [4.69, 9.17) is 4.42 Å². The SMILES string of the molecule is Cc1c(-c2ccc(O)c(O)c2)oc2cc(O)c(O)c(O)c2c1=O. The maximum absolute atomic E-state index is 12.4. The van der Waals surface area contributed by atoms with Gasteiger partial charge in [-0.1, -0.05) is 0 Å². The largest absolute Gasteiger partial charge is 0.504 e. The highest BCUT2D eigenvalue weighted by Crippen LogP contribution is 2.41. The summed E-state index contributed by atoms with van der Waals surface area (Å²) in [6.45, 7) is 1.45. The topological polar surface area (TPSA) is 131 Å². The van der Waals surface area contributed by atoms with Gasteiger partial charge in [-0.15, -0.1) is 0 Å². The normalized spacial score (nSPS) is 11.0. The Morgan fingerprint density at radius 2 is 1.57 bits per heavy atom. The number of fused-ring (bicyclic) bond motifs is 1. The van der Waals surface area contributed by atoms with Gasteiger partial charge in [-0.25, -0.2) is 0 Å². The van der Waals surface area contributed by atoms with E-state index in [1.807, 2.05) is 0 Å². The molecule has 0 bridgehead atoms. The summed E-state index contributed by atoms with van der Waals surface area (Å²) in [5.74, 6) is -2.82. The van der Waals surface area contributed by atoms with Crippen LogP contribution in [0.4, 0.5) is 0 Å². The van der Waals surface area contributed by atoms with Crippen LogP contribution in [0.3, 0.4) is 0 Å². The third-order valence-electron chi connectivity index (χ3n) is 3.58. The fourth-order valence-electron chi connectivity index (χ4n) is 2.34. The average molecular weight is 316 g/mol. The van der Waals surface area contributed by atoms with E-state index in [1.54, 1.807) is 0 Å². The number of hydrogen-bond acceptors (Lipinski definition) is 7. The first kappa shape index (κ1) is 14.6. The molecule has 0 atom stereocenters. The van der Waals surface area contributed by atoms with Gasteiger partial charge in [0.2, 0.25) is 5.75 Å². The van der Waals surface area contributed by atoms with Gasteiger partial charge in [-0.3, -0.25) is 4.79 Å². The zero-order chi connectivity index (χ0) is 16.9. The summed E-state index contributed by atoms with van der Waals surface area (Å²) in [7, 11) is 0. The number of phenolic OH excluding ortho intramolecular Hbond substituents is 5. The average Bonchev–Trinajstić information content (AvgIpc) is 2.51. The van der Waals surface area contributed by atoms with Crippen molar-refractivity contribution in [2.75, 3.05) is 0 Å². The molecule has 3 rings (SSSR count). The summed E-state index contributed by atoms with van der Waals surface area (Å²) in [4.78, 5) is 12.4. The lowest BCUT2D eigenvalue weighted by atomic mass is 10.0. The van der Waals surface area contributed by atoms with E-state index in [0.29, 0.717) is 5.56 Å². The molecular weight excluding hydrogens is 304 g/mol. The van der Waals surface area contributed by atoms with Crippen molar-refractivity contribution in [3.63, 3.8) is 0 Å². The molecule has 0 spiro atoms. The van der Waals surface area contributed by atoms with E-state index < -0.39 is 22.7 Å². The maximum Gasteiger partial charge on any atom is 0.201 e. The van der Waals surface area contributed by atoms with E-state index in [0.717, 1.165) is 6.07 Å². The van der Waals surface area contributed by atoms with Gasteiger partial charge in [-0.05, 0) is 25.1 Å². The number of phenols is 5. The summed E-state index contributed by atoms with van der Waals surface area (Å²) in [6.07, 6.45) is 0. The minimum Gasteiger partial charge on any atom is -0.504 e. The second-order valence-electron chi connectivity index (χ2n) is 5.05. The van der Waals surface area contributed by atoms with Crippen molar-refractivity contribution >= 4 is 11.0 Å². The molecule has 0 aliphatic rings. The molecule has 0 saturated heterocycles. The van der Waals surface area contributed by atoms with Gasteiger partial charge in [-0.2, -0.15) is 0 Å². The molecule has 0 aliphatic heterocycles. The molecule has 118 valence electrons. The smallest absolute Gasteiger partial charge is 0.201 e. The van der Waals surface area contributed by atoms with E-state index in [-0.39, 0.29) is 33.8 Å². The lowest BCUT2D eigenvalue weighted by Gasteiger charge is -2.10. The minimum atomic E-state index is -0.806. The van der Waals surface area contributed by atoms with Crippen molar-refractivity contribution in [1.29, 1.82) is 0 Å². The van der Waals surface area contributed by atoms with Gasteiger partial charge < -0.3 is 29.9 Å². The quantitative estimate of drug-likeness (QED) is 0.435. The van der Waals surface area contributed by atoms with Crippen molar-refractivity contribution in [3.8, 4) is 40.1 Å². The lowest BCUT2D eigenvalue weighted by Crippen LogP contribution is -2.07. The summed E-state index contributed by atoms with van der Waals surface area (Å²) >= 11 is 0. The molecule has 0 saturated carbocycles. The predicted molar refractivity (Wildman–Crippen MR) is 81.0 cm³/mol. The first-order valence-corrected chi connectivity index (χ1v) is 6.55. The number of aromatic hydroxyl groups is 5. The third kappa shape index (κ3) is 2.10. The van der Waals surface area contributed by atoms with Gasteiger partial charge in [0.15, 0.2) is 28.4 Å². The van der Waals surface area contributed by atoms with Crippen LogP contribution in [0.5, 0.6) is 28.7 Å². The van der Waals surface area contributed by atoms with E-state index in [9.17, 15) is 30.3 Å². The van der Waals surface area contributed by atoms with E-state index >= 15 is 0 Å². The standard InChI is InChI=1S/C16H12O7/c1-6-13(20)12-11(5-10(19)14(21)15(12)22)23-16(6)7-2-3-8(17)9(18)4-7/h2-5,17-19,21-22H,1H3. The molecule has 0 fully saturated rings. The molecule has 7 heteroatoms. The molecule has 2 aromatic carbocycles. The Balaban J connectivity index is 2.40. The monoisotopic (exact) mass is 316 g/mol. The van der Waals surface area contributed by atoms with Gasteiger partial charge in [0.05, 0.1) is 0 Å². The molecule has 1 aromatic heterocycles. The molecule has 0 radical (unpaired) electrons. The Hall–Kier alpha value is -3.35. The highest BCUT2D eigenvalue weighted by atomic mass is 16.3. The Labute approximate surface area is 128 Å². The third-order valence-corrected chi connectivity index (χ3v) is 3.58. The zero-order valence-electron chi connectivity index (χ0n) is 11.9. The Bertz CT molecular complexity index is 1000. The number of rotatable bonds is 1. The first-order valence-electron chi connectivity index (χ1n) is 6.55. The lowest BCUT2D eigenvalue weighted by molar-refractivity contribution is 0.370. The highest BCUT2D eigenvalue weighted by molar-refractivity contribution is 5.90. The van der Waals surface area contributed by atoms with E-state index in [1.165, 1.54) is 25.1 Å². The van der Waals surface area contributed by atoms with Crippen LogP contribution in [0.15, 0.2) is 33.5 Å². The van der Waals surface area contributed by atoms with E-state index in [2.05, 4.69) is 0 Å². The second kappa shape index (κ2) is 4.84. The molecule has 5 N–H and O–H groups in total. The van der Waals surface area contributed by atoms with Crippen LogP contribution >= 0.6 is 0 Å². The van der Waals surface area contributed by atoms with Crippen LogP contribution in [-0.4, -0.2) is 25.5 Å². The highest BCUT2D eigenvalue weighted by Gasteiger charge is 2.20. The molecule has 23 heavy (non-hydrogen) atoms. The van der Waals surface area contributed by atoms with Gasteiger partial charge in [0, 0.05) is 17.2 Å². The molecular formula is C16H12O7.